The molecule has 4 heteroatoms. The number of nitrogens with zero attached hydrogens (tertiary/aromatic N) is 2. The van der Waals surface area contributed by atoms with E-state index in [1.54, 1.807) is 12.1 Å². The maximum atomic E-state index is 8.86. The van der Waals surface area contributed by atoms with E-state index in [-0.39, 0.29) is 0 Å². The van der Waals surface area contributed by atoms with E-state index >= 15 is 0 Å². The maximum absolute atomic E-state index is 8.86. The summed E-state index contributed by atoms with van der Waals surface area (Å²) in [6.07, 6.45) is 2.00. The Hall–Kier alpha value is -2.44. The number of anilines is 1. The van der Waals surface area contributed by atoms with Crippen molar-refractivity contribution in [2.45, 2.75) is 6.54 Å². The summed E-state index contributed by atoms with van der Waals surface area (Å²) in [5.41, 5.74) is 9.33. The van der Waals surface area contributed by atoms with Crippen LogP contribution in [0.2, 0.25) is 5.02 Å². The number of fused-ring (bicyclic) bond motifs is 1. The minimum absolute atomic E-state index is 0.565. The van der Waals surface area contributed by atoms with Crippen LogP contribution >= 0.6 is 11.6 Å². The summed E-state index contributed by atoms with van der Waals surface area (Å²) in [4.78, 5) is 0. The second kappa shape index (κ2) is 4.92. The van der Waals surface area contributed by atoms with Gasteiger partial charge in [-0.25, -0.2) is 0 Å². The van der Waals surface area contributed by atoms with Crippen LogP contribution in [0.5, 0.6) is 0 Å². The Kier molecular flexibility index (Phi) is 3.09. The lowest BCUT2D eigenvalue weighted by Crippen LogP contribution is -2.01. The molecule has 0 atom stereocenters. The van der Waals surface area contributed by atoms with Gasteiger partial charge in [0, 0.05) is 23.2 Å². The Morgan fingerprint density at radius 1 is 1.20 bits per heavy atom. The minimum Gasteiger partial charge on any atom is -0.397 e. The van der Waals surface area contributed by atoms with Gasteiger partial charge in [-0.2, -0.15) is 5.26 Å². The first-order chi connectivity index (χ1) is 9.69. The fourth-order valence-corrected chi connectivity index (χ4v) is 2.59. The highest BCUT2D eigenvalue weighted by Crippen LogP contribution is 2.25. The van der Waals surface area contributed by atoms with Crippen LogP contribution in [-0.4, -0.2) is 4.57 Å². The Balaban J connectivity index is 2.04. The van der Waals surface area contributed by atoms with Crippen molar-refractivity contribution >= 4 is 28.2 Å². The van der Waals surface area contributed by atoms with Crippen LogP contribution in [-0.2, 0) is 6.54 Å². The number of rotatable bonds is 2. The van der Waals surface area contributed by atoms with Crippen molar-refractivity contribution in [3.63, 3.8) is 0 Å². The molecule has 0 bridgehead atoms. The van der Waals surface area contributed by atoms with Gasteiger partial charge in [0.15, 0.2) is 0 Å². The van der Waals surface area contributed by atoms with Gasteiger partial charge in [0.05, 0.1) is 22.8 Å². The molecule has 0 aliphatic heterocycles. The molecule has 2 aromatic carbocycles. The lowest BCUT2D eigenvalue weighted by atomic mass is 10.1. The molecule has 0 amide bonds. The normalized spacial score (nSPS) is 10.6. The average Bonchev–Trinajstić information content (AvgIpc) is 2.85. The topological polar surface area (TPSA) is 54.7 Å². The van der Waals surface area contributed by atoms with Gasteiger partial charge in [0.2, 0.25) is 0 Å². The molecule has 3 nitrogen and oxygen atoms in total. The van der Waals surface area contributed by atoms with E-state index in [0.717, 1.165) is 22.2 Å². The number of aromatic nitrogens is 1. The molecule has 98 valence electrons. The lowest BCUT2D eigenvalue weighted by Gasteiger charge is -2.09. The van der Waals surface area contributed by atoms with Gasteiger partial charge in [0.1, 0.15) is 0 Å². The molecule has 0 saturated carbocycles. The van der Waals surface area contributed by atoms with Gasteiger partial charge in [-0.3, -0.25) is 0 Å². The Morgan fingerprint density at radius 3 is 2.80 bits per heavy atom. The molecule has 2 N–H and O–H groups in total. The van der Waals surface area contributed by atoms with E-state index < -0.39 is 0 Å². The summed E-state index contributed by atoms with van der Waals surface area (Å²) >= 11 is 6.22. The third kappa shape index (κ3) is 2.11. The van der Waals surface area contributed by atoms with Gasteiger partial charge in [-0.15, -0.1) is 0 Å². The molecule has 0 radical (unpaired) electrons. The van der Waals surface area contributed by atoms with Crippen molar-refractivity contribution in [1.82, 2.24) is 4.57 Å². The van der Waals surface area contributed by atoms with Gasteiger partial charge in [-0.05, 0) is 29.8 Å². The molecule has 20 heavy (non-hydrogen) atoms. The largest absolute Gasteiger partial charge is 0.397 e. The van der Waals surface area contributed by atoms with Crippen molar-refractivity contribution in [2.24, 2.45) is 0 Å². The first-order valence-corrected chi connectivity index (χ1v) is 6.58. The maximum Gasteiger partial charge on any atom is 0.0992 e. The highest BCUT2D eigenvalue weighted by molar-refractivity contribution is 6.31. The van der Waals surface area contributed by atoms with Crippen LogP contribution in [0.4, 0.5) is 5.69 Å². The van der Waals surface area contributed by atoms with Crippen LogP contribution in [0, 0.1) is 11.3 Å². The monoisotopic (exact) mass is 281 g/mol. The van der Waals surface area contributed by atoms with Crippen molar-refractivity contribution in [1.29, 1.82) is 5.26 Å². The van der Waals surface area contributed by atoms with Crippen molar-refractivity contribution in [3.8, 4) is 6.07 Å². The number of para-hydroxylation sites is 1. The second-order valence-corrected chi connectivity index (χ2v) is 5.05. The average molecular weight is 282 g/mol. The summed E-state index contributed by atoms with van der Waals surface area (Å²) in [5, 5.41) is 10.6. The van der Waals surface area contributed by atoms with E-state index in [4.69, 9.17) is 22.6 Å². The lowest BCUT2D eigenvalue weighted by molar-refractivity contribution is 0.838. The third-order valence-corrected chi connectivity index (χ3v) is 3.69. The van der Waals surface area contributed by atoms with E-state index in [2.05, 4.69) is 10.6 Å². The smallest absolute Gasteiger partial charge is 0.0992 e. The van der Waals surface area contributed by atoms with E-state index in [1.807, 2.05) is 36.5 Å². The molecule has 0 aliphatic carbocycles. The van der Waals surface area contributed by atoms with Gasteiger partial charge >= 0.3 is 0 Å². The number of hydrogen-bond donors (Lipinski definition) is 1. The molecule has 0 unspecified atom stereocenters. The van der Waals surface area contributed by atoms with Crippen molar-refractivity contribution in [3.05, 3.63) is 64.8 Å². The first kappa shape index (κ1) is 12.6. The number of halogens is 1. The summed E-state index contributed by atoms with van der Waals surface area (Å²) in [7, 11) is 0. The van der Waals surface area contributed by atoms with Crippen LogP contribution in [0.15, 0.2) is 48.7 Å². The fraction of sp³-hybridized carbons (Fsp3) is 0.0625. The Labute approximate surface area is 121 Å². The van der Waals surface area contributed by atoms with Crippen LogP contribution in [0.3, 0.4) is 0 Å². The van der Waals surface area contributed by atoms with E-state index in [0.29, 0.717) is 17.1 Å². The number of nitrogen functional groups attached to an aromatic ring is 1. The number of benzene rings is 2. The second-order valence-electron chi connectivity index (χ2n) is 4.65. The molecular weight excluding hydrogens is 270 g/mol. The van der Waals surface area contributed by atoms with Gasteiger partial charge in [0.25, 0.3) is 0 Å². The Bertz CT molecular complexity index is 827. The van der Waals surface area contributed by atoms with Gasteiger partial charge < -0.3 is 10.3 Å². The molecule has 0 aliphatic rings. The predicted octanol–water partition coefficient (Wildman–Crippen LogP) is 3.80. The molecular formula is C16H12ClN3. The summed E-state index contributed by atoms with van der Waals surface area (Å²) in [5.74, 6) is 0. The van der Waals surface area contributed by atoms with Crippen molar-refractivity contribution in [2.75, 3.05) is 5.73 Å². The zero-order chi connectivity index (χ0) is 14.1. The van der Waals surface area contributed by atoms with Crippen molar-refractivity contribution < 1.29 is 0 Å². The molecule has 0 spiro atoms. The van der Waals surface area contributed by atoms with E-state index in [9.17, 15) is 0 Å². The SMILES string of the molecule is N#Cc1ccc(Cn2ccc3cccc(N)c32)c(Cl)c1. The highest BCUT2D eigenvalue weighted by atomic mass is 35.5. The predicted molar refractivity (Wildman–Crippen MR) is 81.6 cm³/mol. The standard InChI is InChI=1S/C16H12ClN3/c17-14-8-11(9-18)4-5-13(14)10-20-7-6-12-2-1-3-15(19)16(12)20/h1-8H,10,19H2. The molecule has 1 aromatic heterocycles. The molecule has 0 saturated heterocycles. The molecule has 3 rings (SSSR count). The van der Waals surface area contributed by atoms with E-state index in [1.165, 1.54) is 0 Å². The molecule has 0 fully saturated rings. The Morgan fingerprint density at radius 2 is 2.05 bits per heavy atom. The summed E-state index contributed by atoms with van der Waals surface area (Å²) in [6.45, 7) is 0.627. The zero-order valence-electron chi connectivity index (χ0n) is 10.7. The van der Waals surface area contributed by atoms with Crippen LogP contribution in [0.25, 0.3) is 10.9 Å². The quantitative estimate of drug-likeness (QED) is 0.727. The number of hydrogen-bond acceptors (Lipinski definition) is 2. The fourth-order valence-electron chi connectivity index (χ4n) is 2.35. The number of nitrogens with two attached hydrogens (primary N) is 1. The minimum atomic E-state index is 0.565. The summed E-state index contributed by atoms with van der Waals surface area (Å²) in [6, 6.07) is 15.3. The first-order valence-electron chi connectivity index (χ1n) is 6.21. The van der Waals surface area contributed by atoms with Crippen LogP contribution < -0.4 is 5.73 Å². The summed E-state index contributed by atoms with van der Waals surface area (Å²) < 4.78 is 2.07. The third-order valence-electron chi connectivity index (χ3n) is 3.34. The number of nitriles is 1. The zero-order valence-corrected chi connectivity index (χ0v) is 11.4. The van der Waals surface area contributed by atoms with Crippen LogP contribution in [0.1, 0.15) is 11.1 Å². The van der Waals surface area contributed by atoms with Gasteiger partial charge in [-0.1, -0.05) is 29.8 Å². The molecule has 3 aromatic rings. The molecule has 1 heterocycles. The highest BCUT2D eigenvalue weighted by Gasteiger charge is 2.07.